The third-order valence-corrected chi connectivity index (χ3v) is 7.36. The molecule has 35 heavy (non-hydrogen) atoms. The van der Waals surface area contributed by atoms with E-state index in [4.69, 9.17) is 14.6 Å². The van der Waals surface area contributed by atoms with Crippen LogP contribution in [-0.2, 0) is 19.1 Å². The fraction of sp³-hybridized carbons (Fsp3) is 0.846. The molecular formula is C26H46O9. The van der Waals surface area contributed by atoms with Crippen molar-refractivity contribution >= 4 is 11.8 Å². The summed E-state index contributed by atoms with van der Waals surface area (Å²) in [5, 5.41) is 49.8. The Hall–Kier alpha value is -1.36. The number of carboxylic acid groups (broad SMARTS) is 1. The van der Waals surface area contributed by atoms with Gasteiger partial charge in [-0.3, -0.25) is 9.59 Å². The molecule has 0 radical (unpaired) electrons. The van der Waals surface area contributed by atoms with Gasteiger partial charge in [-0.05, 0) is 39.0 Å². The summed E-state index contributed by atoms with van der Waals surface area (Å²) in [4.78, 5) is 24.5. The number of carbonyl (C=O) groups excluding carboxylic acids is 1. The van der Waals surface area contributed by atoms with Gasteiger partial charge in [0.15, 0.2) is 6.29 Å². The Labute approximate surface area is 209 Å². The largest absolute Gasteiger partial charge is 0.481 e. The van der Waals surface area contributed by atoms with Crippen molar-refractivity contribution in [2.24, 2.45) is 29.6 Å². The fourth-order valence-electron chi connectivity index (χ4n) is 4.68. The first kappa shape index (κ1) is 31.7. The maximum atomic E-state index is 13.3. The van der Waals surface area contributed by atoms with Crippen LogP contribution in [-0.4, -0.2) is 80.2 Å². The lowest BCUT2D eigenvalue weighted by Crippen LogP contribution is -2.58. The molecule has 1 rings (SSSR count). The highest BCUT2D eigenvalue weighted by Crippen LogP contribution is 2.30. The van der Waals surface area contributed by atoms with Crippen LogP contribution in [0, 0.1) is 29.6 Å². The summed E-state index contributed by atoms with van der Waals surface area (Å²) in [5.74, 6) is -3.34. The molecular weight excluding hydrogens is 456 g/mol. The summed E-state index contributed by atoms with van der Waals surface area (Å²) in [6.07, 6.45) is -4.61. The topological polar surface area (TPSA) is 154 Å². The van der Waals surface area contributed by atoms with Crippen molar-refractivity contribution in [1.29, 1.82) is 0 Å². The predicted octanol–water partition coefficient (Wildman–Crippen LogP) is 2.14. The number of aliphatic carboxylic acids is 1. The van der Waals surface area contributed by atoms with Gasteiger partial charge in [-0.2, -0.15) is 0 Å². The van der Waals surface area contributed by atoms with Crippen LogP contribution in [0.3, 0.4) is 0 Å². The van der Waals surface area contributed by atoms with Gasteiger partial charge in [0.2, 0.25) is 0 Å². The average molecular weight is 503 g/mol. The molecule has 0 aromatic carbocycles. The van der Waals surface area contributed by atoms with E-state index in [1.54, 1.807) is 27.7 Å². The molecule has 5 N–H and O–H groups in total. The van der Waals surface area contributed by atoms with Crippen molar-refractivity contribution in [1.82, 2.24) is 0 Å². The minimum Gasteiger partial charge on any atom is -0.481 e. The van der Waals surface area contributed by atoms with Gasteiger partial charge >= 0.3 is 5.97 Å². The summed E-state index contributed by atoms with van der Waals surface area (Å²) in [5.41, 5.74) is 0.875. The highest BCUT2D eigenvalue weighted by atomic mass is 16.7. The summed E-state index contributed by atoms with van der Waals surface area (Å²) in [6.45, 7) is 14.1. The van der Waals surface area contributed by atoms with E-state index in [1.165, 1.54) is 6.92 Å². The summed E-state index contributed by atoms with van der Waals surface area (Å²) in [6, 6.07) is 0. The van der Waals surface area contributed by atoms with Crippen LogP contribution in [0.1, 0.15) is 68.2 Å². The average Bonchev–Trinajstić information content (AvgIpc) is 2.81. The molecule has 0 saturated carbocycles. The third-order valence-electron chi connectivity index (χ3n) is 7.36. The number of hydrogen-bond acceptors (Lipinski definition) is 8. The molecule has 1 fully saturated rings. The zero-order valence-corrected chi connectivity index (χ0v) is 22.3. The lowest BCUT2D eigenvalue weighted by Gasteiger charge is -2.42. The number of ether oxygens (including phenoxy) is 2. The van der Waals surface area contributed by atoms with Gasteiger partial charge in [-0.25, -0.2) is 0 Å². The zero-order chi connectivity index (χ0) is 27.2. The van der Waals surface area contributed by atoms with E-state index in [-0.39, 0.29) is 17.6 Å². The number of Topliss-reactive ketones (excluding diaryl/α,β-unsaturated/α-hetero) is 1. The van der Waals surface area contributed by atoms with Gasteiger partial charge in [0.25, 0.3) is 0 Å². The summed E-state index contributed by atoms with van der Waals surface area (Å²) >= 11 is 0. The maximum Gasteiger partial charge on any atom is 0.308 e. The maximum absolute atomic E-state index is 13.3. The second-order valence-corrected chi connectivity index (χ2v) is 10.5. The summed E-state index contributed by atoms with van der Waals surface area (Å²) < 4.78 is 11.6. The number of allylic oxidation sites excluding steroid dienone is 2. The van der Waals surface area contributed by atoms with Crippen LogP contribution in [0.4, 0.5) is 0 Å². The smallest absolute Gasteiger partial charge is 0.308 e. The Morgan fingerprint density at radius 1 is 0.971 bits per heavy atom. The molecule has 1 aliphatic rings. The van der Waals surface area contributed by atoms with E-state index in [0.29, 0.717) is 12.8 Å². The molecule has 1 aliphatic heterocycles. The Morgan fingerprint density at radius 2 is 1.54 bits per heavy atom. The molecule has 1 heterocycles. The van der Waals surface area contributed by atoms with Crippen LogP contribution in [0.2, 0.25) is 0 Å². The van der Waals surface area contributed by atoms with Gasteiger partial charge in [0, 0.05) is 11.8 Å². The molecule has 0 aromatic rings. The highest BCUT2D eigenvalue weighted by molar-refractivity contribution is 5.85. The van der Waals surface area contributed by atoms with E-state index in [1.807, 2.05) is 26.8 Å². The molecule has 1 saturated heterocycles. The van der Waals surface area contributed by atoms with E-state index >= 15 is 0 Å². The molecule has 9 nitrogen and oxygen atoms in total. The molecule has 0 spiro atoms. The first-order chi connectivity index (χ1) is 16.1. The monoisotopic (exact) mass is 502 g/mol. The highest BCUT2D eigenvalue weighted by Gasteiger charge is 2.45. The summed E-state index contributed by atoms with van der Waals surface area (Å²) in [7, 11) is 0. The Balaban J connectivity index is 2.94. The van der Waals surface area contributed by atoms with Crippen molar-refractivity contribution in [2.75, 3.05) is 0 Å². The molecule has 0 bridgehead atoms. The molecule has 0 amide bonds. The second-order valence-electron chi connectivity index (χ2n) is 10.5. The zero-order valence-electron chi connectivity index (χ0n) is 22.3. The SMILES string of the molecule is CCC(C)C(OC1OC(C)C(O)C(O)C1O)C(C)C(=O)C(C)/C=C(\C)CC(C)C(O)C(C)C(=O)O. The lowest BCUT2D eigenvalue weighted by molar-refractivity contribution is -0.310. The molecule has 9 heteroatoms. The normalized spacial score (nSPS) is 31.7. The molecule has 0 aromatic heterocycles. The Kier molecular flexibility index (Phi) is 12.5. The molecule has 12 unspecified atom stereocenters. The number of ketones is 1. The molecule has 0 aliphatic carbocycles. The van der Waals surface area contributed by atoms with Gasteiger partial charge in [0.1, 0.15) is 24.1 Å². The van der Waals surface area contributed by atoms with Gasteiger partial charge in [-0.15, -0.1) is 0 Å². The number of aliphatic hydroxyl groups excluding tert-OH is 4. The van der Waals surface area contributed by atoms with Crippen LogP contribution >= 0.6 is 0 Å². The first-order valence-electron chi connectivity index (χ1n) is 12.6. The van der Waals surface area contributed by atoms with E-state index in [0.717, 1.165) is 5.57 Å². The fourth-order valence-corrected chi connectivity index (χ4v) is 4.68. The van der Waals surface area contributed by atoms with Gasteiger partial charge in [0.05, 0.1) is 24.2 Å². The van der Waals surface area contributed by atoms with Crippen LogP contribution in [0.5, 0.6) is 0 Å². The van der Waals surface area contributed by atoms with Gasteiger partial charge in [-0.1, -0.05) is 52.7 Å². The number of carbonyl (C=O) groups is 2. The third kappa shape index (κ3) is 8.33. The van der Waals surface area contributed by atoms with Crippen molar-refractivity contribution < 1.29 is 44.6 Å². The van der Waals surface area contributed by atoms with Crippen molar-refractivity contribution in [3.05, 3.63) is 11.6 Å². The van der Waals surface area contributed by atoms with E-state index in [9.17, 15) is 30.0 Å². The minimum absolute atomic E-state index is 0.0472. The van der Waals surface area contributed by atoms with E-state index in [2.05, 4.69) is 0 Å². The minimum atomic E-state index is -1.45. The number of hydrogen-bond donors (Lipinski definition) is 5. The quantitative estimate of drug-likeness (QED) is 0.238. The van der Waals surface area contributed by atoms with Gasteiger partial charge < -0.3 is 35.0 Å². The van der Waals surface area contributed by atoms with Crippen molar-refractivity contribution in [3.63, 3.8) is 0 Å². The van der Waals surface area contributed by atoms with Crippen LogP contribution < -0.4 is 0 Å². The van der Waals surface area contributed by atoms with Crippen LogP contribution in [0.15, 0.2) is 11.6 Å². The number of carboxylic acids is 1. The molecule has 204 valence electrons. The van der Waals surface area contributed by atoms with Crippen molar-refractivity contribution in [3.8, 4) is 0 Å². The Bertz CT molecular complexity index is 724. The van der Waals surface area contributed by atoms with Crippen molar-refractivity contribution in [2.45, 2.75) is 111 Å². The predicted molar refractivity (Wildman–Crippen MR) is 130 cm³/mol. The standard InChI is InChI=1S/C26H46O9/c1-9-13(3)24(35-26-23(31)22(30)21(29)18(8)34-26)16(6)19(27)14(4)10-12(2)11-15(5)20(28)17(7)25(32)33/h10,13-18,20-24,26,28-31H,9,11H2,1-8H3,(H,32,33)/b12-10+. The number of aliphatic hydroxyl groups is 4. The van der Waals surface area contributed by atoms with Crippen LogP contribution in [0.25, 0.3) is 0 Å². The lowest BCUT2D eigenvalue weighted by atomic mass is 9.83. The number of rotatable bonds is 13. The van der Waals surface area contributed by atoms with E-state index < -0.39 is 66.6 Å². The molecule has 12 atom stereocenters. The first-order valence-corrected chi connectivity index (χ1v) is 12.6. The Morgan fingerprint density at radius 3 is 2.06 bits per heavy atom. The second kappa shape index (κ2) is 13.8.